The van der Waals surface area contributed by atoms with Gasteiger partial charge in [-0.25, -0.2) is 4.68 Å². The molecule has 0 unspecified atom stereocenters. The van der Waals surface area contributed by atoms with Crippen molar-refractivity contribution >= 4 is 0 Å². The Kier molecular flexibility index (Phi) is 5.34. The van der Waals surface area contributed by atoms with E-state index in [1.54, 1.807) is 14.2 Å². The van der Waals surface area contributed by atoms with Crippen LogP contribution in [0.3, 0.4) is 0 Å². The average Bonchev–Trinajstić information content (AvgIpc) is 3.19. The number of nitrogens with zero attached hydrogens (tertiary/aromatic N) is 2. The van der Waals surface area contributed by atoms with Crippen molar-refractivity contribution in [3.8, 4) is 39.7 Å². The molecule has 0 aliphatic carbocycles. The normalized spacial score (nSPS) is 10.7. The van der Waals surface area contributed by atoms with Gasteiger partial charge in [-0.2, -0.15) is 5.10 Å². The molecular formula is C25H24N2O2. The Balaban J connectivity index is 1.94. The van der Waals surface area contributed by atoms with Crippen LogP contribution in [0.1, 0.15) is 12.5 Å². The molecule has 0 bridgehead atoms. The van der Waals surface area contributed by atoms with Crippen LogP contribution in [0, 0.1) is 0 Å². The maximum Gasteiger partial charge on any atom is 0.118 e. The van der Waals surface area contributed by atoms with E-state index in [4.69, 9.17) is 14.6 Å². The second-order valence-corrected chi connectivity index (χ2v) is 6.73. The molecule has 29 heavy (non-hydrogen) atoms. The van der Waals surface area contributed by atoms with Crippen LogP contribution in [0.4, 0.5) is 0 Å². The summed E-state index contributed by atoms with van der Waals surface area (Å²) in [7, 11) is 3.36. The second kappa shape index (κ2) is 8.23. The number of methoxy groups -OCH3 is 2. The van der Waals surface area contributed by atoms with Crippen LogP contribution >= 0.6 is 0 Å². The van der Waals surface area contributed by atoms with Crippen molar-refractivity contribution in [2.75, 3.05) is 14.2 Å². The zero-order valence-corrected chi connectivity index (χ0v) is 16.9. The molecule has 0 fully saturated rings. The fraction of sp³-hybridized carbons (Fsp3) is 0.160. The van der Waals surface area contributed by atoms with E-state index in [0.717, 1.165) is 46.1 Å². The third-order valence-electron chi connectivity index (χ3n) is 5.06. The van der Waals surface area contributed by atoms with E-state index in [1.165, 1.54) is 5.56 Å². The zero-order chi connectivity index (χ0) is 20.2. The molecule has 0 saturated carbocycles. The summed E-state index contributed by atoms with van der Waals surface area (Å²) in [6.07, 6.45) is 0.871. The minimum absolute atomic E-state index is 0.838. The largest absolute Gasteiger partial charge is 0.497 e. The number of ether oxygens (including phenoxy) is 2. The first-order valence-corrected chi connectivity index (χ1v) is 9.71. The molecule has 146 valence electrons. The Bertz CT molecular complexity index is 1080. The van der Waals surface area contributed by atoms with Crippen LogP contribution in [-0.2, 0) is 6.42 Å². The highest BCUT2D eigenvalue weighted by Crippen LogP contribution is 2.35. The monoisotopic (exact) mass is 384 g/mol. The van der Waals surface area contributed by atoms with E-state index < -0.39 is 0 Å². The van der Waals surface area contributed by atoms with E-state index in [1.807, 2.05) is 47.1 Å². The van der Waals surface area contributed by atoms with Crippen molar-refractivity contribution in [3.63, 3.8) is 0 Å². The first-order chi connectivity index (χ1) is 14.2. The average molecular weight is 384 g/mol. The number of rotatable bonds is 6. The summed E-state index contributed by atoms with van der Waals surface area (Å²) in [6.45, 7) is 2.17. The van der Waals surface area contributed by atoms with Gasteiger partial charge in [-0.1, -0.05) is 25.1 Å². The Labute approximate surface area is 171 Å². The van der Waals surface area contributed by atoms with Crippen LogP contribution in [-0.4, -0.2) is 24.0 Å². The molecule has 1 aromatic heterocycles. The van der Waals surface area contributed by atoms with Crippen molar-refractivity contribution in [2.24, 2.45) is 0 Å². The van der Waals surface area contributed by atoms with Crippen molar-refractivity contribution in [2.45, 2.75) is 13.3 Å². The van der Waals surface area contributed by atoms with E-state index >= 15 is 0 Å². The number of benzene rings is 3. The SMILES string of the molecule is CCc1c(-c2ccc(OC)cc2)nn(-c2ccccc2)c1-c1ccc(OC)cc1. The van der Waals surface area contributed by atoms with Crippen molar-refractivity contribution in [1.29, 1.82) is 0 Å². The van der Waals surface area contributed by atoms with Gasteiger partial charge in [0.05, 0.1) is 31.3 Å². The molecule has 3 aromatic carbocycles. The summed E-state index contributed by atoms with van der Waals surface area (Å²) < 4.78 is 12.7. The molecule has 0 aliphatic rings. The maximum absolute atomic E-state index is 5.34. The van der Waals surface area contributed by atoms with E-state index in [9.17, 15) is 0 Å². The topological polar surface area (TPSA) is 36.3 Å². The van der Waals surface area contributed by atoms with Crippen molar-refractivity contribution < 1.29 is 9.47 Å². The van der Waals surface area contributed by atoms with Gasteiger partial charge >= 0.3 is 0 Å². The lowest BCUT2D eigenvalue weighted by atomic mass is 9.99. The van der Waals surface area contributed by atoms with Crippen molar-refractivity contribution in [3.05, 3.63) is 84.4 Å². The summed E-state index contributed by atoms with van der Waals surface area (Å²) in [5.41, 5.74) is 6.53. The third kappa shape index (κ3) is 3.61. The summed E-state index contributed by atoms with van der Waals surface area (Å²) >= 11 is 0. The van der Waals surface area contributed by atoms with Crippen LogP contribution in [0.15, 0.2) is 78.9 Å². The minimum Gasteiger partial charge on any atom is -0.497 e. The highest BCUT2D eigenvalue weighted by atomic mass is 16.5. The molecule has 0 saturated heterocycles. The van der Waals surface area contributed by atoms with Gasteiger partial charge in [-0.3, -0.25) is 0 Å². The summed E-state index contributed by atoms with van der Waals surface area (Å²) in [6, 6.07) is 26.5. The Morgan fingerprint density at radius 1 is 0.724 bits per heavy atom. The maximum atomic E-state index is 5.34. The second-order valence-electron chi connectivity index (χ2n) is 6.73. The highest BCUT2D eigenvalue weighted by molar-refractivity contribution is 5.76. The van der Waals surface area contributed by atoms with E-state index in [2.05, 4.69) is 43.3 Å². The van der Waals surface area contributed by atoms with Gasteiger partial charge in [0.25, 0.3) is 0 Å². The molecule has 4 nitrogen and oxygen atoms in total. The van der Waals surface area contributed by atoms with Gasteiger partial charge in [0.1, 0.15) is 11.5 Å². The van der Waals surface area contributed by atoms with Gasteiger partial charge in [-0.15, -0.1) is 0 Å². The number of hydrogen-bond donors (Lipinski definition) is 0. The van der Waals surface area contributed by atoms with Gasteiger partial charge in [-0.05, 0) is 67.1 Å². The zero-order valence-electron chi connectivity index (χ0n) is 16.9. The van der Waals surface area contributed by atoms with Gasteiger partial charge in [0.2, 0.25) is 0 Å². The van der Waals surface area contributed by atoms with Crippen molar-refractivity contribution in [1.82, 2.24) is 9.78 Å². The molecule has 0 N–H and O–H groups in total. The summed E-state index contributed by atoms with van der Waals surface area (Å²) in [4.78, 5) is 0. The molecule has 4 heteroatoms. The summed E-state index contributed by atoms with van der Waals surface area (Å²) in [5, 5.41) is 5.04. The standard InChI is InChI=1S/C25H24N2O2/c1-4-23-24(18-10-14-21(28-2)15-11-18)26-27(20-8-6-5-7-9-20)25(23)19-12-16-22(29-3)17-13-19/h5-17H,4H2,1-3H3. The van der Waals surface area contributed by atoms with Crippen LogP contribution in [0.2, 0.25) is 0 Å². The fourth-order valence-corrected chi connectivity index (χ4v) is 3.57. The first kappa shape index (κ1) is 18.8. The molecule has 4 rings (SSSR count). The molecule has 4 aromatic rings. The number of aromatic nitrogens is 2. The molecule has 0 atom stereocenters. The molecule has 0 aliphatic heterocycles. The van der Waals surface area contributed by atoms with E-state index in [-0.39, 0.29) is 0 Å². The minimum atomic E-state index is 0.838. The Morgan fingerprint density at radius 2 is 1.28 bits per heavy atom. The molecule has 0 spiro atoms. The molecule has 0 radical (unpaired) electrons. The Morgan fingerprint density at radius 3 is 1.79 bits per heavy atom. The van der Waals surface area contributed by atoms with Crippen LogP contribution in [0.5, 0.6) is 11.5 Å². The van der Waals surface area contributed by atoms with Crippen LogP contribution < -0.4 is 9.47 Å². The number of para-hydroxylation sites is 1. The third-order valence-corrected chi connectivity index (χ3v) is 5.06. The van der Waals surface area contributed by atoms with E-state index in [0.29, 0.717) is 0 Å². The predicted octanol–water partition coefficient (Wildman–Crippen LogP) is 5.79. The smallest absolute Gasteiger partial charge is 0.118 e. The quantitative estimate of drug-likeness (QED) is 0.422. The number of hydrogen-bond acceptors (Lipinski definition) is 3. The Hall–Kier alpha value is -3.53. The lowest BCUT2D eigenvalue weighted by molar-refractivity contribution is 0.414. The molecule has 1 heterocycles. The fourth-order valence-electron chi connectivity index (χ4n) is 3.57. The van der Waals surface area contributed by atoms with Crippen LogP contribution in [0.25, 0.3) is 28.2 Å². The first-order valence-electron chi connectivity index (χ1n) is 9.71. The van der Waals surface area contributed by atoms with Gasteiger partial charge < -0.3 is 9.47 Å². The lowest BCUT2D eigenvalue weighted by Gasteiger charge is -2.10. The lowest BCUT2D eigenvalue weighted by Crippen LogP contribution is -1.99. The summed E-state index contributed by atoms with van der Waals surface area (Å²) in [5.74, 6) is 1.68. The van der Waals surface area contributed by atoms with Gasteiger partial charge in [0.15, 0.2) is 0 Å². The highest BCUT2D eigenvalue weighted by Gasteiger charge is 2.20. The predicted molar refractivity (Wildman–Crippen MR) is 117 cm³/mol. The molecular weight excluding hydrogens is 360 g/mol. The molecule has 0 amide bonds. The van der Waals surface area contributed by atoms with Gasteiger partial charge in [0, 0.05) is 16.7 Å².